The molecule has 41 heavy (non-hydrogen) atoms. The van der Waals surface area contributed by atoms with E-state index in [-0.39, 0.29) is 29.9 Å². The van der Waals surface area contributed by atoms with Gasteiger partial charge in [0.15, 0.2) is 0 Å². The molecule has 0 saturated heterocycles. The molecular weight excluding hydrogens is 543 g/mol. The lowest BCUT2D eigenvalue weighted by molar-refractivity contribution is -0.274. The molecule has 3 aromatic carbocycles. The van der Waals surface area contributed by atoms with Crippen molar-refractivity contribution < 1.29 is 27.5 Å². The Bertz CT molecular complexity index is 1630. The van der Waals surface area contributed by atoms with Gasteiger partial charge in [-0.25, -0.2) is 4.79 Å². The van der Waals surface area contributed by atoms with Gasteiger partial charge in [-0.05, 0) is 35.4 Å². The molecule has 4 rings (SSSR count). The van der Waals surface area contributed by atoms with Crippen molar-refractivity contribution >= 4 is 17.5 Å². The van der Waals surface area contributed by atoms with Gasteiger partial charge in [0, 0.05) is 36.0 Å². The smallest absolute Gasteiger partial charge is 0.405 e. The van der Waals surface area contributed by atoms with Gasteiger partial charge in [0.25, 0.3) is 17.4 Å². The lowest BCUT2D eigenvalue weighted by atomic mass is 10.1. The highest BCUT2D eigenvalue weighted by Crippen LogP contribution is 2.28. The van der Waals surface area contributed by atoms with E-state index in [0.717, 1.165) is 22.3 Å². The molecule has 0 fully saturated rings. The van der Waals surface area contributed by atoms with Crippen molar-refractivity contribution in [2.75, 3.05) is 5.73 Å². The minimum Gasteiger partial charge on any atom is -0.405 e. The molecule has 0 aliphatic carbocycles. The second kappa shape index (κ2) is 12.2. The van der Waals surface area contributed by atoms with E-state index in [1.165, 1.54) is 12.1 Å². The SMILES string of the molecule is Nc1ccc(CNC(=O)c2ccc(CNC(=O)c3cc(=O)n(Cc4ccccc4)c(=O)[nH]3)c(OC(F)(F)F)c2)cc1. The van der Waals surface area contributed by atoms with E-state index in [0.29, 0.717) is 11.3 Å². The van der Waals surface area contributed by atoms with Crippen molar-refractivity contribution in [3.05, 3.63) is 128 Å². The Kier molecular flexibility index (Phi) is 8.56. The molecule has 0 atom stereocenters. The first-order valence-corrected chi connectivity index (χ1v) is 12.2. The second-order valence-electron chi connectivity index (χ2n) is 8.88. The summed E-state index contributed by atoms with van der Waals surface area (Å²) >= 11 is 0. The van der Waals surface area contributed by atoms with Gasteiger partial charge in [-0.1, -0.05) is 48.5 Å². The van der Waals surface area contributed by atoms with Gasteiger partial charge in [-0.15, -0.1) is 13.2 Å². The molecule has 13 heteroatoms. The molecule has 1 heterocycles. The zero-order chi connectivity index (χ0) is 29.6. The molecule has 0 saturated carbocycles. The van der Waals surface area contributed by atoms with E-state index in [1.807, 2.05) is 0 Å². The fourth-order valence-electron chi connectivity index (χ4n) is 3.81. The molecule has 0 aliphatic rings. The Balaban J connectivity index is 1.47. The number of nitrogens with two attached hydrogens (primary N) is 1. The summed E-state index contributed by atoms with van der Waals surface area (Å²) in [6.45, 7) is -0.379. The Morgan fingerprint density at radius 3 is 2.20 bits per heavy atom. The monoisotopic (exact) mass is 567 g/mol. The number of hydrogen-bond donors (Lipinski definition) is 4. The highest BCUT2D eigenvalue weighted by Gasteiger charge is 2.32. The number of H-pyrrole nitrogens is 1. The van der Waals surface area contributed by atoms with E-state index >= 15 is 0 Å². The average molecular weight is 568 g/mol. The maximum absolute atomic E-state index is 13.1. The number of nitrogens with zero attached hydrogens (tertiary/aromatic N) is 1. The summed E-state index contributed by atoms with van der Waals surface area (Å²) in [5, 5.41) is 4.94. The lowest BCUT2D eigenvalue weighted by Gasteiger charge is -2.15. The molecule has 0 bridgehead atoms. The van der Waals surface area contributed by atoms with Gasteiger partial charge >= 0.3 is 12.1 Å². The van der Waals surface area contributed by atoms with E-state index in [2.05, 4.69) is 20.4 Å². The van der Waals surface area contributed by atoms with Crippen LogP contribution in [0, 0.1) is 0 Å². The number of nitrogens with one attached hydrogen (secondary N) is 3. The van der Waals surface area contributed by atoms with Crippen molar-refractivity contribution in [2.45, 2.75) is 26.0 Å². The lowest BCUT2D eigenvalue weighted by Crippen LogP contribution is -2.38. The second-order valence-corrected chi connectivity index (χ2v) is 8.88. The molecule has 1 aromatic heterocycles. The quantitative estimate of drug-likeness (QED) is 0.229. The van der Waals surface area contributed by atoms with Crippen LogP contribution in [0.5, 0.6) is 5.75 Å². The molecule has 0 aliphatic heterocycles. The number of benzene rings is 3. The van der Waals surface area contributed by atoms with Crippen LogP contribution < -0.4 is 32.4 Å². The summed E-state index contributed by atoms with van der Waals surface area (Å²) in [7, 11) is 0. The third-order valence-electron chi connectivity index (χ3n) is 5.88. The number of aromatic amines is 1. The van der Waals surface area contributed by atoms with Crippen LogP contribution in [0.3, 0.4) is 0 Å². The number of ether oxygens (including phenoxy) is 1. The normalized spacial score (nSPS) is 11.1. The number of hydrogen-bond acceptors (Lipinski definition) is 6. The van der Waals surface area contributed by atoms with Crippen LogP contribution in [0.15, 0.2) is 88.5 Å². The fraction of sp³-hybridized carbons (Fsp3) is 0.143. The minimum absolute atomic E-state index is 0.0189. The first-order valence-electron chi connectivity index (χ1n) is 12.2. The zero-order valence-electron chi connectivity index (χ0n) is 21.3. The zero-order valence-corrected chi connectivity index (χ0v) is 21.3. The Labute approximate surface area is 230 Å². The Morgan fingerprint density at radius 1 is 0.854 bits per heavy atom. The third-order valence-corrected chi connectivity index (χ3v) is 5.88. The fourth-order valence-corrected chi connectivity index (χ4v) is 3.81. The molecule has 0 unspecified atom stereocenters. The van der Waals surface area contributed by atoms with Crippen LogP contribution >= 0.6 is 0 Å². The van der Waals surface area contributed by atoms with E-state index in [9.17, 15) is 32.3 Å². The van der Waals surface area contributed by atoms with Crippen molar-refractivity contribution in [3.8, 4) is 5.75 Å². The largest absolute Gasteiger partial charge is 0.573 e. The average Bonchev–Trinajstić information content (AvgIpc) is 2.93. The van der Waals surface area contributed by atoms with Crippen LogP contribution in [0.25, 0.3) is 0 Å². The number of carbonyl (C=O) groups excluding carboxylic acids is 2. The van der Waals surface area contributed by atoms with Gasteiger partial charge in [-0.3, -0.25) is 19.0 Å². The third kappa shape index (κ3) is 7.85. The van der Waals surface area contributed by atoms with E-state index < -0.39 is 41.7 Å². The van der Waals surface area contributed by atoms with Crippen LogP contribution in [0.4, 0.5) is 18.9 Å². The summed E-state index contributed by atoms with van der Waals surface area (Å²) in [5.41, 5.74) is 5.42. The first-order chi connectivity index (χ1) is 19.5. The van der Waals surface area contributed by atoms with Crippen LogP contribution in [-0.2, 0) is 19.6 Å². The van der Waals surface area contributed by atoms with E-state index in [4.69, 9.17) is 5.73 Å². The molecule has 212 valence electrons. The van der Waals surface area contributed by atoms with Gasteiger partial charge in [0.05, 0.1) is 6.54 Å². The van der Waals surface area contributed by atoms with Crippen molar-refractivity contribution in [3.63, 3.8) is 0 Å². The van der Waals surface area contributed by atoms with Gasteiger partial charge in [-0.2, -0.15) is 0 Å². The van der Waals surface area contributed by atoms with Crippen molar-refractivity contribution in [1.29, 1.82) is 0 Å². The molecule has 10 nitrogen and oxygen atoms in total. The maximum atomic E-state index is 13.1. The summed E-state index contributed by atoms with van der Waals surface area (Å²) in [5.74, 6) is -2.27. The standard InChI is InChI=1S/C28H24F3N5O5/c29-28(30,31)41-23-12-19(25(38)33-14-17-6-10-21(32)11-7-17)8-9-20(23)15-34-26(39)22-13-24(37)36(27(40)35-22)16-18-4-2-1-3-5-18/h1-13H,14-16,32H2,(H,33,38)(H,34,39)(H,35,40). The number of rotatable bonds is 9. The van der Waals surface area contributed by atoms with Crippen molar-refractivity contribution in [1.82, 2.24) is 20.2 Å². The Hall–Kier alpha value is -5.33. The summed E-state index contributed by atoms with van der Waals surface area (Å²) in [6, 6.07) is 19.7. The number of halogens is 3. The number of carbonyl (C=O) groups is 2. The van der Waals surface area contributed by atoms with Crippen LogP contribution in [0.2, 0.25) is 0 Å². The van der Waals surface area contributed by atoms with Gasteiger partial charge < -0.3 is 26.1 Å². The molecule has 5 N–H and O–H groups in total. The predicted molar refractivity (Wildman–Crippen MR) is 143 cm³/mol. The Morgan fingerprint density at radius 2 is 1.54 bits per heavy atom. The van der Waals surface area contributed by atoms with E-state index in [1.54, 1.807) is 54.6 Å². The highest BCUT2D eigenvalue weighted by molar-refractivity contribution is 5.95. The van der Waals surface area contributed by atoms with Gasteiger partial charge in [0.1, 0.15) is 11.4 Å². The topological polar surface area (TPSA) is 148 Å². The number of nitrogen functional groups attached to an aromatic ring is 1. The summed E-state index contributed by atoms with van der Waals surface area (Å²) < 4.78 is 44.3. The molecule has 0 spiro atoms. The highest BCUT2D eigenvalue weighted by atomic mass is 19.4. The maximum Gasteiger partial charge on any atom is 0.573 e. The summed E-state index contributed by atoms with van der Waals surface area (Å²) in [4.78, 5) is 52.5. The predicted octanol–water partition coefficient (Wildman–Crippen LogP) is 2.93. The molecule has 4 aromatic rings. The van der Waals surface area contributed by atoms with Gasteiger partial charge in [0.2, 0.25) is 0 Å². The number of alkyl halides is 3. The first kappa shape index (κ1) is 28.7. The number of amides is 2. The molecule has 0 radical (unpaired) electrons. The van der Waals surface area contributed by atoms with Crippen LogP contribution in [0.1, 0.15) is 37.5 Å². The molecule has 2 amide bonds. The minimum atomic E-state index is -5.08. The number of anilines is 1. The van der Waals surface area contributed by atoms with Crippen molar-refractivity contribution in [2.24, 2.45) is 0 Å². The van der Waals surface area contributed by atoms with Crippen LogP contribution in [-0.4, -0.2) is 27.7 Å². The number of aromatic nitrogens is 2. The summed E-state index contributed by atoms with van der Waals surface area (Å²) in [6.07, 6.45) is -5.08. The molecular formula is C28H24F3N5O5.